The quantitative estimate of drug-likeness (QED) is 0.717. The Hall–Kier alpha value is -0.520. The minimum Gasteiger partial charge on any atom is -0.365 e. The molecule has 1 aromatic heterocycles. The van der Waals surface area contributed by atoms with Crippen molar-refractivity contribution < 1.29 is 0 Å². The van der Waals surface area contributed by atoms with Crippen LogP contribution in [-0.2, 0) is 0 Å². The largest absolute Gasteiger partial charge is 0.365 e. The first-order valence-electron chi connectivity index (χ1n) is 3.38. The van der Waals surface area contributed by atoms with E-state index >= 15 is 0 Å². The maximum Gasteiger partial charge on any atom is 0.153 e. The molecule has 0 bridgehead atoms. The molecule has 0 saturated heterocycles. The summed E-state index contributed by atoms with van der Waals surface area (Å²) in [5, 5.41) is 3.25. The van der Waals surface area contributed by atoms with Gasteiger partial charge in [0.15, 0.2) is 5.82 Å². The molecule has 58 valence electrons. The molecule has 0 aromatic carbocycles. The molecule has 0 fully saturated rings. The number of fused-ring (bicyclic) bond motifs is 1. The maximum atomic E-state index is 4.30. The Morgan fingerprint density at radius 2 is 2.55 bits per heavy atom. The van der Waals surface area contributed by atoms with E-state index in [2.05, 4.69) is 43.9 Å². The Morgan fingerprint density at radius 3 is 3.36 bits per heavy atom. The second-order valence-corrected chi connectivity index (χ2v) is 3.80. The summed E-state index contributed by atoms with van der Waals surface area (Å²) in [5.74, 6) is 1.05. The molecule has 0 amide bonds. The van der Waals surface area contributed by atoms with Crippen molar-refractivity contribution in [2.45, 2.75) is 0 Å². The Labute approximate surface area is 78.9 Å². The molecule has 0 saturated carbocycles. The van der Waals surface area contributed by atoms with Crippen LogP contribution in [0.1, 0.15) is 0 Å². The molecule has 0 radical (unpaired) electrons. The monoisotopic (exact) mass is 261 g/mol. The summed E-state index contributed by atoms with van der Waals surface area (Å²) < 4.78 is 1.17. The van der Waals surface area contributed by atoms with E-state index in [0.29, 0.717) is 0 Å². The van der Waals surface area contributed by atoms with E-state index in [1.54, 1.807) is 0 Å². The molecule has 2 heterocycles. The highest BCUT2D eigenvalue weighted by molar-refractivity contribution is 14.1. The lowest BCUT2D eigenvalue weighted by atomic mass is 10.4. The third kappa shape index (κ3) is 1.15. The lowest BCUT2D eigenvalue weighted by Gasteiger charge is -2.07. The molecule has 1 N–H and O–H groups in total. The van der Waals surface area contributed by atoms with Gasteiger partial charge in [-0.1, -0.05) is 0 Å². The SMILES string of the molecule is CN1CNc2cc(I)cnc21. The molecular weight excluding hydrogens is 253 g/mol. The summed E-state index contributed by atoms with van der Waals surface area (Å²) in [7, 11) is 2.03. The van der Waals surface area contributed by atoms with E-state index in [-0.39, 0.29) is 0 Å². The Kier molecular flexibility index (Phi) is 1.63. The highest BCUT2D eigenvalue weighted by Gasteiger charge is 2.15. The van der Waals surface area contributed by atoms with Crippen molar-refractivity contribution in [3.63, 3.8) is 0 Å². The van der Waals surface area contributed by atoms with Gasteiger partial charge < -0.3 is 10.2 Å². The van der Waals surface area contributed by atoms with Gasteiger partial charge in [-0.3, -0.25) is 0 Å². The maximum absolute atomic E-state index is 4.30. The van der Waals surface area contributed by atoms with Gasteiger partial charge in [0, 0.05) is 16.8 Å². The number of nitrogens with one attached hydrogen (secondary N) is 1. The normalized spacial score (nSPS) is 14.5. The van der Waals surface area contributed by atoms with E-state index in [9.17, 15) is 0 Å². The highest BCUT2D eigenvalue weighted by Crippen LogP contribution is 2.28. The van der Waals surface area contributed by atoms with Crippen LogP contribution in [-0.4, -0.2) is 18.7 Å². The number of pyridine rings is 1. The van der Waals surface area contributed by atoms with Gasteiger partial charge in [0.05, 0.1) is 12.4 Å². The first kappa shape index (κ1) is 7.15. The van der Waals surface area contributed by atoms with Crippen LogP contribution in [0.3, 0.4) is 0 Å². The van der Waals surface area contributed by atoms with Gasteiger partial charge in [0.2, 0.25) is 0 Å². The van der Waals surface area contributed by atoms with Crippen molar-refractivity contribution in [3.05, 3.63) is 15.8 Å². The predicted molar refractivity (Wildman–Crippen MR) is 53.8 cm³/mol. The molecule has 0 atom stereocenters. The van der Waals surface area contributed by atoms with E-state index in [4.69, 9.17) is 0 Å². The van der Waals surface area contributed by atoms with Gasteiger partial charge in [-0.25, -0.2) is 4.98 Å². The average molecular weight is 261 g/mol. The summed E-state index contributed by atoms with van der Waals surface area (Å²) in [6.45, 7) is 0.864. The number of hydrogen-bond donors (Lipinski definition) is 1. The fourth-order valence-corrected chi connectivity index (χ4v) is 1.60. The van der Waals surface area contributed by atoms with Gasteiger partial charge in [0.1, 0.15) is 0 Å². The zero-order valence-corrected chi connectivity index (χ0v) is 8.29. The second-order valence-electron chi connectivity index (χ2n) is 2.56. The first-order valence-corrected chi connectivity index (χ1v) is 4.46. The van der Waals surface area contributed by atoms with Crippen molar-refractivity contribution in [2.24, 2.45) is 0 Å². The molecule has 1 aliphatic heterocycles. The van der Waals surface area contributed by atoms with E-state index in [0.717, 1.165) is 18.2 Å². The zero-order valence-electron chi connectivity index (χ0n) is 6.13. The summed E-state index contributed by atoms with van der Waals surface area (Å²) in [6, 6.07) is 2.10. The minimum atomic E-state index is 0.864. The highest BCUT2D eigenvalue weighted by atomic mass is 127. The van der Waals surface area contributed by atoms with Crippen LogP contribution in [0.5, 0.6) is 0 Å². The van der Waals surface area contributed by atoms with Gasteiger partial charge >= 0.3 is 0 Å². The van der Waals surface area contributed by atoms with E-state index in [1.165, 1.54) is 3.57 Å². The van der Waals surface area contributed by atoms with Crippen LogP contribution in [0.25, 0.3) is 0 Å². The number of nitrogens with zero attached hydrogens (tertiary/aromatic N) is 2. The Balaban J connectivity index is 2.50. The standard InChI is InChI=1S/C7H8IN3/c1-11-4-10-6-2-5(8)3-9-7(6)11/h2-3,10H,4H2,1H3. The predicted octanol–water partition coefficient (Wildman–Crippen LogP) is 1.51. The molecule has 1 aliphatic rings. The smallest absolute Gasteiger partial charge is 0.153 e. The van der Waals surface area contributed by atoms with Crippen molar-refractivity contribution in [3.8, 4) is 0 Å². The Bertz CT molecular complexity index is 287. The van der Waals surface area contributed by atoms with Gasteiger partial charge in [-0.2, -0.15) is 0 Å². The molecule has 11 heavy (non-hydrogen) atoms. The van der Waals surface area contributed by atoms with Crippen molar-refractivity contribution in [2.75, 3.05) is 23.9 Å². The molecular formula is C7H8IN3. The average Bonchev–Trinajstić information content (AvgIpc) is 2.32. The van der Waals surface area contributed by atoms with Crippen LogP contribution in [0.2, 0.25) is 0 Å². The molecule has 0 spiro atoms. The van der Waals surface area contributed by atoms with Crippen LogP contribution < -0.4 is 10.2 Å². The molecule has 2 rings (SSSR count). The third-order valence-corrected chi connectivity index (χ3v) is 2.29. The molecule has 3 nitrogen and oxygen atoms in total. The fraction of sp³-hybridized carbons (Fsp3) is 0.286. The van der Waals surface area contributed by atoms with Crippen molar-refractivity contribution in [1.82, 2.24) is 4.98 Å². The zero-order chi connectivity index (χ0) is 7.84. The number of halogens is 1. The summed E-state index contributed by atoms with van der Waals surface area (Å²) >= 11 is 2.26. The summed E-state index contributed by atoms with van der Waals surface area (Å²) in [5.41, 5.74) is 1.14. The lowest BCUT2D eigenvalue weighted by molar-refractivity contribution is 1.01. The molecule has 0 aliphatic carbocycles. The number of hydrogen-bond acceptors (Lipinski definition) is 3. The number of aromatic nitrogens is 1. The summed E-state index contributed by atoms with van der Waals surface area (Å²) in [6.07, 6.45) is 1.88. The Morgan fingerprint density at radius 1 is 1.73 bits per heavy atom. The van der Waals surface area contributed by atoms with Crippen molar-refractivity contribution >= 4 is 34.1 Å². The van der Waals surface area contributed by atoms with Crippen LogP contribution >= 0.6 is 22.6 Å². The van der Waals surface area contributed by atoms with E-state index in [1.807, 2.05) is 13.2 Å². The van der Waals surface area contributed by atoms with Crippen LogP contribution in [0, 0.1) is 3.57 Å². The minimum absolute atomic E-state index is 0.864. The number of anilines is 2. The van der Waals surface area contributed by atoms with Gasteiger partial charge in [-0.15, -0.1) is 0 Å². The topological polar surface area (TPSA) is 28.2 Å². The molecule has 4 heteroatoms. The van der Waals surface area contributed by atoms with Gasteiger partial charge in [-0.05, 0) is 28.7 Å². The first-order chi connectivity index (χ1) is 5.27. The fourth-order valence-electron chi connectivity index (χ4n) is 1.14. The van der Waals surface area contributed by atoms with Gasteiger partial charge in [0.25, 0.3) is 0 Å². The van der Waals surface area contributed by atoms with Crippen molar-refractivity contribution in [1.29, 1.82) is 0 Å². The van der Waals surface area contributed by atoms with Crippen LogP contribution in [0.4, 0.5) is 11.5 Å². The second kappa shape index (κ2) is 2.51. The van der Waals surface area contributed by atoms with E-state index < -0.39 is 0 Å². The molecule has 0 unspecified atom stereocenters. The summed E-state index contributed by atoms with van der Waals surface area (Å²) in [4.78, 5) is 6.38. The number of rotatable bonds is 0. The lowest BCUT2D eigenvalue weighted by Crippen LogP contribution is -2.16. The third-order valence-electron chi connectivity index (χ3n) is 1.70. The molecule has 1 aromatic rings. The van der Waals surface area contributed by atoms with Crippen LogP contribution in [0.15, 0.2) is 12.3 Å².